The Kier molecular flexibility index (Phi) is 10.6. The Balaban J connectivity index is 1.05. The number of carboxylic acid groups (broad SMARTS) is 1. The molecular weight excluding hydrogens is 769 g/mol. The number of methoxy groups -OCH3 is 1. The number of imidazole rings is 2. The standard InChI is InChI=1S/C43H50N10O7/c1-22(2)35(49-42(57)60-6)39(54)51-15-7-9-32(51)37-45-21-30(47-37)25-11-13-27-28(18-25)48-41(56)53-31-14-12-24(17-26(31)19-34(27)53)29-20-44-38(46-29)33-10-8-16-52(33)40(55)36(23(3)4)50(5)43(58)59/h11-14,17-23,32-33,35-36H,7-10,15-16H2,1-6H3,(H,44,46)(H,45,47)(H,48,56)(H,49,57)(H,58,59)/t32-,33-,35-,36-/m0/s1. The summed E-state index contributed by atoms with van der Waals surface area (Å²) in [6.45, 7) is 8.52. The van der Waals surface area contributed by atoms with Crippen molar-refractivity contribution in [1.82, 2.24) is 49.3 Å². The van der Waals surface area contributed by atoms with Crippen molar-refractivity contribution < 1.29 is 29.0 Å². The summed E-state index contributed by atoms with van der Waals surface area (Å²) >= 11 is 0. The number of rotatable bonds is 10. The van der Waals surface area contributed by atoms with E-state index in [-0.39, 0.29) is 41.4 Å². The maximum Gasteiger partial charge on any atom is 0.407 e. The number of aromatic nitrogens is 6. The molecule has 8 rings (SSSR count). The molecule has 6 aromatic rings. The fourth-order valence-corrected chi connectivity index (χ4v) is 9.01. The first kappa shape index (κ1) is 40.1. The normalized spacial score (nSPS) is 17.9. The first-order valence-corrected chi connectivity index (χ1v) is 20.4. The molecule has 60 heavy (non-hydrogen) atoms. The predicted octanol–water partition coefficient (Wildman–Crippen LogP) is 6.06. The van der Waals surface area contributed by atoms with Gasteiger partial charge in [-0.05, 0) is 61.8 Å². The molecule has 2 aromatic carbocycles. The number of hydrogen-bond acceptors (Lipinski definition) is 8. The maximum absolute atomic E-state index is 13.7. The van der Waals surface area contributed by atoms with Crippen molar-refractivity contribution in [1.29, 1.82) is 0 Å². The summed E-state index contributed by atoms with van der Waals surface area (Å²) in [5.74, 6) is 0.530. The van der Waals surface area contributed by atoms with Crippen molar-refractivity contribution in [2.75, 3.05) is 27.2 Å². The lowest BCUT2D eigenvalue weighted by atomic mass is 10.0. The third-order valence-corrected chi connectivity index (χ3v) is 12.1. The third-order valence-electron chi connectivity index (χ3n) is 12.1. The molecule has 0 radical (unpaired) electrons. The molecule has 2 aliphatic heterocycles. The molecular formula is C43H50N10O7. The van der Waals surface area contributed by atoms with Crippen molar-refractivity contribution >= 4 is 51.3 Å². The summed E-state index contributed by atoms with van der Waals surface area (Å²) in [7, 11) is 2.71. The highest BCUT2D eigenvalue weighted by atomic mass is 16.5. The molecule has 0 bridgehead atoms. The average molecular weight is 819 g/mol. The van der Waals surface area contributed by atoms with Crippen LogP contribution >= 0.6 is 0 Å². The molecule has 6 heterocycles. The molecule has 2 saturated heterocycles. The lowest BCUT2D eigenvalue weighted by Gasteiger charge is -2.33. The zero-order valence-electron chi connectivity index (χ0n) is 34.5. The monoisotopic (exact) mass is 818 g/mol. The SMILES string of the molecule is COC(=O)N[C@H](C(=O)N1CCC[C@H]1c1ncc(-c2ccc3c(c2)[nH]c(=O)n2c4ccc(-c5cnc([C@@H]6CCCN6C(=O)[C@H](C(C)C)N(C)C(=O)O)[nH]5)cc4cc32)[nH]1)C(C)C. The Bertz CT molecular complexity index is 2690. The number of carbonyl (C=O) groups excluding carboxylic acids is 3. The van der Waals surface area contributed by atoms with Gasteiger partial charge >= 0.3 is 17.9 Å². The van der Waals surface area contributed by atoms with Crippen LogP contribution in [-0.2, 0) is 14.3 Å². The largest absolute Gasteiger partial charge is 0.465 e. The molecule has 4 atom stereocenters. The molecule has 0 unspecified atom stereocenters. The van der Waals surface area contributed by atoms with Crippen molar-refractivity contribution in [3.05, 3.63) is 77.0 Å². The molecule has 4 aromatic heterocycles. The number of likely N-dealkylation sites (tertiary alicyclic amines) is 2. The van der Waals surface area contributed by atoms with Crippen LogP contribution in [0.25, 0.3) is 49.8 Å². The van der Waals surface area contributed by atoms with E-state index in [1.54, 1.807) is 26.6 Å². The summed E-state index contributed by atoms with van der Waals surface area (Å²) in [6.07, 6.45) is 4.69. The predicted molar refractivity (Wildman–Crippen MR) is 224 cm³/mol. The second-order valence-corrected chi connectivity index (χ2v) is 16.5. The molecule has 0 aliphatic carbocycles. The molecule has 5 N–H and O–H groups in total. The van der Waals surface area contributed by atoms with Crippen molar-refractivity contribution in [3.63, 3.8) is 0 Å². The van der Waals surface area contributed by atoms with Gasteiger partial charge in [-0.1, -0.05) is 45.9 Å². The van der Waals surface area contributed by atoms with Gasteiger partial charge in [0.25, 0.3) is 0 Å². The number of alkyl carbamates (subject to hydrolysis) is 1. The van der Waals surface area contributed by atoms with Crippen LogP contribution in [0.15, 0.2) is 59.7 Å². The van der Waals surface area contributed by atoms with E-state index >= 15 is 0 Å². The highest BCUT2D eigenvalue weighted by Crippen LogP contribution is 2.36. The number of ether oxygens (including phenoxy) is 1. The number of benzene rings is 2. The van der Waals surface area contributed by atoms with Crippen LogP contribution in [0.5, 0.6) is 0 Å². The van der Waals surface area contributed by atoms with Gasteiger partial charge in [-0.15, -0.1) is 0 Å². The van der Waals surface area contributed by atoms with Gasteiger partial charge in [0.1, 0.15) is 23.7 Å². The van der Waals surface area contributed by atoms with Crippen LogP contribution in [0.3, 0.4) is 0 Å². The van der Waals surface area contributed by atoms with Gasteiger partial charge in [-0.25, -0.2) is 24.4 Å². The highest BCUT2D eigenvalue weighted by Gasteiger charge is 2.40. The van der Waals surface area contributed by atoms with Crippen LogP contribution in [0.4, 0.5) is 9.59 Å². The van der Waals surface area contributed by atoms with Crippen LogP contribution in [0.1, 0.15) is 77.1 Å². The Morgan fingerprint density at radius 1 is 0.817 bits per heavy atom. The van der Waals surface area contributed by atoms with Crippen LogP contribution in [0.2, 0.25) is 0 Å². The lowest BCUT2D eigenvalue weighted by Crippen LogP contribution is -2.51. The van der Waals surface area contributed by atoms with Gasteiger partial charge in [0.15, 0.2) is 0 Å². The van der Waals surface area contributed by atoms with E-state index in [0.717, 1.165) is 68.5 Å². The smallest absolute Gasteiger partial charge is 0.407 e. The number of nitrogens with one attached hydrogen (secondary N) is 4. The Morgan fingerprint density at radius 3 is 2.00 bits per heavy atom. The minimum absolute atomic E-state index is 0.144. The number of carbonyl (C=O) groups is 4. The van der Waals surface area contributed by atoms with Gasteiger partial charge in [-0.2, -0.15) is 0 Å². The number of fused-ring (bicyclic) bond motifs is 5. The highest BCUT2D eigenvalue weighted by molar-refractivity contribution is 6.02. The van der Waals surface area contributed by atoms with Crippen LogP contribution < -0.4 is 11.0 Å². The summed E-state index contributed by atoms with van der Waals surface area (Å²) < 4.78 is 6.43. The Labute approximate surface area is 345 Å². The van der Waals surface area contributed by atoms with Gasteiger partial charge in [-0.3, -0.25) is 18.9 Å². The Hall–Kier alpha value is -6.65. The number of nitrogens with zero attached hydrogens (tertiary/aromatic N) is 6. The number of H-pyrrole nitrogens is 3. The van der Waals surface area contributed by atoms with Gasteiger partial charge in [0.2, 0.25) is 11.8 Å². The van der Waals surface area contributed by atoms with Crippen molar-refractivity contribution in [3.8, 4) is 22.5 Å². The van der Waals surface area contributed by atoms with Crippen LogP contribution in [-0.4, -0.2) is 112 Å². The minimum Gasteiger partial charge on any atom is -0.465 e. The average Bonchev–Trinajstić information content (AvgIpc) is 4.07. The number of aromatic amines is 3. The zero-order chi connectivity index (χ0) is 42.6. The molecule has 17 heteroatoms. The van der Waals surface area contributed by atoms with E-state index in [9.17, 15) is 29.1 Å². The maximum atomic E-state index is 13.7. The van der Waals surface area contributed by atoms with Gasteiger partial charge in [0.05, 0.1) is 59.5 Å². The van der Waals surface area contributed by atoms with Crippen molar-refractivity contribution in [2.45, 2.75) is 77.5 Å². The topological polar surface area (TPSA) is 214 Å². The second-order valence-electron chi connectivity index (χ2n) is 16.5. The van der Waals surface area contributed by atoms with Gasteiger partial charge in [0, 0.05) is 42.0 Å². The second kappa shape index (κ2) is 15.8. The summed E-state index contributed by atoms with van der Waals surface area (Å²) in [4.78, 5) is 88.7. The molecule has 17 nitrogen and oxygen atoms in total. The first-order valence-electron chi connectivity index (χ1n) is 20.4. The molecule has 2 aliphatic rings. The first-order chi connectivity index (χ1) is 28.7. The van der Waals surface area contributed by atoms with Crippen LogP contribution in [0, 0.1) is 11.8 Å². The fourth-order valence-electron chi connectivity index (χ4n) is 9.01. The van der Waals surface area contributed by atoms with E-state index in [0.29, 0.717) is 36.7 Å². The van der Waals surface area contributed by atoms with Gasteiger partial charge < -0.3 is 39.9 Å². The van der Waals surface area contributed by atoms with E-state index in [1.165, 1.54) is 14.2 Å². The third kappa shape index (κ3) is 7.11. The Morgan fingerprint density at radius 2 is 1.42 bits per heavy atom. The van der Waals surface area contributed by atoms with Crippen molar-refractivity contribution in [2.24, 2.45) is 11.8 Å². The molecule has 314 valence electrons. The molecule has 0 spiro atoms. The molecule has 4 amide bonds. The van der Waals surface area contributed by atoms with E-state index < -0.39 is 24.3 Å². The minimum atomic E-state index is -1.15. The summed E-state index contributed by atoms with van der Waals surface area (Å²) in [6, 6.07) is 11.6. The summed E-state index contributed by atoms with van der Waals surface area (Å²) in [5, 5.41) is 14.0. The zero-order valence-corrected chi connectivity index (χ0v) is 34.5. The van der Waals surface area contributed by atoms with E-state index in [1.807, 2.05) is 70.2 Å². The quantitative estimate of drug-likeness (QED) is 0.109. The fraction of sp³-hybridized carbons (Fsp3) is 0.419. The number of amides is 4. The molecule has 0 saturated carbocycles. The number of likely N-dealkylation sites (N-methyl/N-ethyl adjacent to an activating group) is 1. The summed E-state index contributed by atoms with van der Waals surface area (Å²) in [5.41, 5.74) is 5.02. The van der Waals surface area contributed by atoms with E-state index in [4.69, 9.17) is 4.74 Å². The van der Waals surface area contributed by atoms with E-state index in [2.05, 4.69) is 30.2 Å². The lowest BCUT2D eigenvalue weighted by molar-refractivity contribution is -0.138. The number of hydrogen-bond donors (Lipinski definition) is 5. The molecule has 2 fully saturated rings.